The molecule has 66 valence electrons. The molecular formula is C10H21N. The van der Waals surface area contributed by atoms with Gasteiger partial charge in [-0.05, 0) is 20.3 Å². The lowest BCUT2D eigenvalue weighted by atomic mass is 10.4. The monoisotopic (exact) mass is 155 g/mol. The van der Waals surface area contributed by atoms with Crippen LogP contribution in [0.5, 0.6) is 0 Å². The number of unbranched alkanes of at least 4 members (excludes halogenated alkanes) is 1. The Kier molecular flexibility index (Phi) is 14.4. The van der Waals surface area contributed by atoms with Crippen molar-refractivity contribution in [3.8, 4) is 0 Å². The molecule has 0 unspecified atom stereocenters. The van der Waals surface area contributed by atoms with Crippen molar-refractivity contribution < 1.29 is 0 Å². The van der Waals surface area contributed by atoms with E-state index in [4.69, 9.17) is 0 Å². The maximum Gasteiger partial charge on any atom is 0.0326 e. The highest BCUT2D eigenvalue weighted by Crippen LogP contribution is 1.92. The zero-order valence-electron chi connectivity index (χ0n) is 8.52. The molecule has 0 N–H and O–H groups in total. The summed E-state index contributed by atoms with van der Waals surface area (Å²) in [7, 11) is 0. The van der Waals surface area contributed by atoms with Gasteiger partial charge in [-0.2, -0.15) is 0 Å². The number of allylic oxidation sites excluding steroid dienone is 2. The van der Waals surface area contributed by atoms with Gasteiger partial charge in [0.2, 0.25) is 0 Å². The topological polar surface area (TPSA) is 12.4 Å². The summed E-state index contributed by atoms with van der Waals surface area (Å²) in [5, 5.41) is 0. The number of hydrogen-bond acceptors (Lipinski definition) is 1. The van der Waals surface area contributed by atoms with Gasteiger partial charge >= 0.3 is 0 Å². The summed E-state index contributed by atoms with van der Waals surface area (Å²) in [5.41, 5.74) is 1.10. The molecule has 0 bridgehead atoms. The lowest BCUT2D eigenvalue weighted by Crippen LogP contribution is -1.73. The van der Waals surface area contributed by atoms with E-state index in [0.717, 1.165) is 12.1 Å². The fourth-order valence-corrected chi connectivity index (χ4v) is 0.412. The minimum atomic E-state index is 1.09. The molecule has 0 rings (SSSR count). The predicted octanol–water partition coefficient (Wildman–Crippen LogP) is 3.81. The lowest BCUT2D eigenvalue weighted by Gasteiger charge is -1.86. The van der Waals surface area contributed by atoms with Gasteiger partial charge in [0.05, 0.1) is 0 Å². The Morgan fingerprint density at radius 2 is 1.91 bits per heavy atom. The van der Waals surface area contributed by atoms with Crippen LogP contribution in [0.3, 0.4) is 0 Å². The van der Waals surface area contributed by atoms with Crippen molar-refractivity contribution in [2.24, 2.45) is 4.99 Å². The van der Waals surface area contributed by atoms with E-state index in [-0.39, 0.29) is 0 Å². The van der Waals surface area contributed by atoms with Crippen LogP contribution in [-0.2, 0) is 0 Å². The minimum Gasteiger partial charge on any atom is -0.266 e. The van der Waals surface area contributed by atoms with Gasteiger partial charge in [0.1, 0.15) is 0 Å². The van der Waals surface area contributed by atoms with Crippen LogP contribution in [0, 0.1) is 0 Å². The second kappa shape index (κ2) is 12.1. The molecule has 0 aromatic rings. The molecule has 0 aromatic carbocycles. The number of hydrogen-bond donors (Lipinski definition) is 0. The van der Waals surface area contributed by atoms with Gasteiger partial charge in [-0.15, -0.1) is 0 Å². The molecule has 0 heterocycles. The summed E-state index contributed by atoms with van der Waals surface area (Å²) in [5.74, 6) is 0. The van der Waals surface area contributed by atoms with Crippen molar-refractivity contribution in [2.45, 2.75) is 47.5 Å². The zero-order valence-corrected chi connectivity index (χ0v) is 8.52. The van der Waals surface area contributed by atoms with Crippen LogP contribution in [-0.4, -0.2) is 6.21 Å². The highest BCUT2D eigenvalue weighted by atomic mass is 14.7. The van der Waals surface area contributed by atoms with E-state index < -0.39 is 0 Å². The Bertz CT molecular complexity index is 112. The first kappa shape index (κ1) is 13.0. The third-order valence-corrected chi connectivity index (χ3v) is 1.13. The molecule has 0 aliphatic heterocycles. The third kappa shape index (κ3) is 12.6. The standard InChI is InChI=1S/C8H15N.C2H6/c1-4-6-7-9-8(3)5-2;1-2/h5,7H,4,6H2,1-3H3;1-2H3/b8-5-,9-7?;. The van der Waals surface area contributed by atoms with Crippen LogP contribution in [0.15, 0.2) is 16.8 Å². The van der Waals surface area contributed by atoms with Crippen LogP contribution in [0.2, 0.25) is 0 Å². The molecule has 0 saturated heterocycles. The Morgan fingerprint density at radius 1 is 1.36 bits per heavy atom. The zero-order chi connectivity index (χ0) is 9.11. The van der Waals surface area contributed by atoms with Crippen LogP contribution < -0.4 is 0 Å². The van der Waals surface area contributed by atoms with Gasteiger partial charge in [-0.1, -0.05) is 33.3 Å². The second-order valence-electron chi connectivity index (χ2n) is 2.03. The summed E-state index contributed by atoms with van der Waals surface area (Å²) >= 11 is 0. The van der Waals surface area contributed by atoms with E-state index >= 15 is 0 Å². The molecule has 0 radical (unpaired) electrons. The molecule has 1 heteroatoms. The van der Waals surface area contributed by atoms with Gasteiger partial charge in [-0.25, -0.2) is 0 Å². The Labute approximate surface area is 71.2 Å². The molecule has 0 saturated carbocycles. The summed E-state index contributed by atoms with van der Waals surface area (Å²) in [6, 6.07) is 0. The van der Waals surface area contributed by atoms with Gasteiger partial charge in [0.25, 0.3) is 0 Å². The van der Waals surface area contributed by atoms with Crippen molar-refractivity contribution in [1.82, 2.24) is 0 Å². The highest BCUT2D eigenvalue weighted by molar-refractivity contribution is 5.58. The molecular weight excluding hydrogens is 134 g/mol. The molecule has 0 atom stereocenters. The summed E-state index contributed by atoms with van der Waals surface area (Å²) in [4.78, 5) is 4.17. The lowest BCUT2D eigenvalue weighted by molar-refractivity contribution is 1.00. The summed E-state index contributed by atoms with van der Waals surface area (Å²) < 4.78 is 0. The molecule has 0 fully saturated rings. The van der Waals surface area contributed by atoms with Gasteiger partial charge in [0, 0.05) is 11.9 Å². The maximum absolute atomic E-state index is 4.17. The highest BCUT2D eigenvalue weighted by Gasteiger charge is 1.76. The predicted molar refractivity (Wildman–Crippen MR) is 54.2 cm³/mol. The fraction of sp³-hybridized carbons (Fsp3) is 0.700. The van der Waals surface area contributed by atoms with Crippen molar-refractivity contribution in [1.29, 1.82) is 0 Å². The first-order valence-electron chi connectivity index (χ1n) is 4.46. The van der Waals surface area contributed by atoms with Gasteiger partial charge in [-0.3, -0.25) is 4.99 Å². The largest absolute Gasteiger partial charge is 0.266 e. The van der Waals surface area contributed by atoms with Crippen LogP contribution >= 0.6 is 0 Å². The average Bonchev–Trinajstić information content (AvgIpc) is 2.08. The summed E-state index contributed by atoms with van der Waals surface area (Å²) in [6.07, 6.45) is 6.24. The van der Waals surface area contributed by atoms with Crippen LogP contribution in [0.4, 0.5) is 0 Å². The average molecular weight is 155 g/mol. The van der Waals surface area contributed by atoms with Crippen LogP contribution in [0.1, 0.15) is 47.5 Å². The van der Waals surface area contributed by atoms with Gasteiger partial charge < -0.3 is 0 Å². The first-order valence-corrected chi connectivity index (χ1v) is 4.46. The fourth-order valence-electron chi connectivity index (χ4n) is 0.412. The Balaban J connectivity index is 0. The normalized spacial score (nSPS) is 11.2. The van der Waals surface area contributed by atoms with E-state index in [1.54, 1.807) is 0 Å². The Hall–Kier alpha value is -0.590. The third-order valence-electron chi connectivity index (χ3n) is 1.13. The maximum atomic E-state index is 4.17. The Morgan fingerprint density at radius 3 is 2.27 bits per heavy atom. The number of aliphatic imine (C=N–C) groups is 1. The SMILES string of the molecule is C/C=C(/C)N=CCCC.CC. The van der Waals surface area contributed by atoms with Crippen molar-refractivity contribution >= 4 is 6.21 Å². The van der Waals surface area contributed by atoms with E-state index in [9.17, 15) is 0 Å². The smallest absolute Gasteiger partial charge is 0.0326 e. The van der Waals surface area contributed by atoms with Crippen molar-refractivity contribution in [3.05, 3.63) is 11.8 Å². The molecule has 0 spiro atoms. The van der Waals surface area contributed by atoms with Crippen LogP contribution in [0.25, 0.3) is 0 Å². The molecule has 0 amide bonds. The number of rotatable bonds is 3. The first-order chi connectivity index (χ1) is 5.31. The molecule has 1 nitrogen and oxygen atoms in total. The molecule has 0 aliphatic carbocycles. The van der Waals surface area contributed by atoms with E-state index in [0.29, 0.717) is 0 Å². The molecule has 0 aromatic heterocycles. The van der Waals surface area contributed by atoms with E-state index in [1.807, 2.05) is 40.0 Å². The van der Waals surface area contributed by atoms with E-state index in [2.05, 4.69) is 11.9 Å². The van der Waals surface area contributed by atoms with Crippen molar-refractivity contribution in [2.75, 3.05) is 0 Å². The van der Waals surface area contributed by atoms with Crippen molar-refractivity contribution in [3.63, 3.8) is 0 Å². The second-order valence-corrected chi connectivity index (χ2v) is 2.03. The quantitative estimate of drug-likeness (QED) is 0.550. The molecule has 0 aliphatic rings. The number of nitrogens with zero attached hydrogens (tertiary/aromatic N) is 1. The van der Waals surface area contributed by atoms with Gasteiger partial charge in [0.15, 0.2) is 0 Å². The minimum absolute atomic E-state index is 1.09. The van der Waals surface area contributed by atoms with E-state index in [1.165, 1.54) is 6.42 Å². The summed E-state index contributed by atoms with van der Waals surface area (Å²) in [6.45, 7) is 10.2. The molecule has 11 heavy (non-hydrogen) atoms.